The lowest BCUT2D eigenvalue weighted by Crippen LogP contribution is -2.14. The van der Waals surface area contributed by atoms with Crippen LogP contribution in [-0.4, -0.2) is 34.5 Å². The summed E-state index contributed by atoms with van der Waals surface area (Å²) in [6.45, 7) is 0.152. The van der Waals surface area contributed by atoms with Crippen molar-refractivity contribution in [3.63, 3.8) is 0 Å². The number of carbonyl (C=O) groups excluding carboxylic acids is 1. The van der Waals surface area contributed by atoms with E-state index in [0.29, 0.717) is 22.7 Å². The quantitative estimate of drug-likeness (QED) is 0.842. The number of ether oxygens (including phenoxy) is 3. The van der Waals surface area contributed by atoms with Crippen molar-refractivity contribution in [2.24, 2.45) is 0 Å². The number of sulfonamides is 1. The molecule has 2 N–H and O–H groups in total. The molecule has 3 rings (SSSR count). The third-order valence-corrected chi connectivity index (χ3v) is 3.98. The minimum absolute atomic E-state index is 0.152. The Morgan fingerprint density at radius 3 is 2.60 bits per heavy atom. The van der Waals surface area contributed by atoms with Gasteiger partial charge in [-0.1, -0.05) is 0 Å². The van der Waals surface area contributed by atoms with E-state index in [9.17, 15) is 13.2 Å². The van der Waals surface area contributed by atoms with Crippen LogP contribution in [0, 0.1) is 0 Å². The van der Waals surface area contributed by atoms with Gasteiger partial charge in [-0.3, -0.25) is 9.52 Å². The van der Waals surface area contributed by atoms with Gasteiger partial charge in [-0.2, -0.15) is 0 Å². The van der Waals surface area contributed by atoms with Crippen molar-refractivity contribution in [3.05, 3.63) is 42.0 Å². The Morgan fingerprint density at radius 1 is 1.12 bits per heavy atom. The normalized spacial score (nSPS) is 12.6. The SMILES string of the molecule is COc1cc(C(=O)Nc2ccc3c(c2)OCO3)ccc1NS(C)(=O)=O. The third kappa shape index (κ3) is 3.94. The maximum Gasteiger partial charge on any atom is 0.255 e. The molecule has 8 nitrogen and oxygen atoms in total. The second-order valence-corrected chi connectivity index (χ2v) is 7.06. The number of benzene rings is 2. The van der Waals surface area contributed by atoms with Gasteiger partial charge in [0, 0.05) is 17.3 Å². The van der Waals surface area contributed by atoms with Gasteiger partial charge in [0.05, 0.1) is 19.1 Å². The van der Waals surface area contributed by atoms with E-state index in [0.717, 1.165) is 6.26 Å². The number of anilines is 2. The first-order valence-corrected chi connectivity index (χ1v) is 9.12. The summed E-state index contributed by atoms with van der Waals surface area (Å²) >= 11 is 0. The Bertz CT molecular complexity index is 926. The molecule has 0 saturated carbocycles. The Morgan fingerprint density at radius 2 is 1.88 bits per heavy atom. The van der Waals surface area contributed by atoms with Crippen molar-refractivity contribution in [2.45, 2.75) is 0 Å². The van der Waals surface area contributed by atoms with Gasteiger partial charge < -0.3 is 19.5 Å². The Kier molecular flexibility index (Phi) is 4.41. The number of amides is 1. The smallest absolute Gasteiger partial charge is 0.255 e. The van der Waals surface area contributed by atoms with E-state index in [-0.39, 0.29) is 24.1 Å². The standard InChI is InChI=1S/C16H16N2O6S/c1-22-14-7-10(3-5-12(14)18-25(2,20)21)16(19)17-11-4-6-13-15(8-11)24-9-23-13/h3-8,18H,9H2,1-2H3,(H,17,19). The zero-order valence-corrected chi connectivity index (χ0v) is 14.3. The van der Waals surface area contributed by atoms with Crippen LogP contribution in [0.4, 0.5) is 11.4 Å². The van der Waals surface area contributed by atoms with Crippen molar-refractivity contribution >= 4 is 27.3 Å². The van der Waals surface area contributed by atoms with Crippen LogP contribution in [0.25, 0.3) is 0 Å². The maximum absolute atomic E-state index is 12.4. The van der Waals surface area contributed by atoms with Crippen LogP contribution in [0.5, 0.6) is 17.2 Å². The number of carbonyl (C=O) groups is 1. The monoisotopic (exact) mass is 364 g/mol. The average molecular weight is 364 g/mol. The van der Waals surface area contributed by atoms with Crippen molar-refractivity contribution < 1.29 is 27.4 Å². The third-order valence-electron chi connectivity index (χ3n) is 3.39. The van der Waals surface area contributed by atoms with Crippen LogP contribution >= 0.6 is 0 Å². The van der Waals surface area contributed by atoms with Crippen molar-refractivity contribution in [2.75, 3.05) is 30.2 Å². The van der Waals surface area contributed by atoms with E-state index in [4.69, 9.17) is 14.2 Å². The topological polar surface area (TPSA) is 103 Å². The number of hydrogen-bond donors (Lipinski definition) is 2. The molecule has 1 heterocycles. The van der Waals surface area contributed by atoms with E-state index in [2.05, 4.69) is 10.0 Å². The maximum atomic E-state index is 12.4. The molecule has 0 atom stereocenters. The molecule has 2 aromatic carbocycles. The summed E-state index contributed by atoms with van der Waals surface area (Å²) in [6.07, 6.45) is 1.03. The molecule has 0 fully saturated rings. The van der Waals surface area contributed by atoms with E-state index in [1.807, 2.05) is 0 Å². The lowest BCUT2D eigenvalue weighted by atomic mass is 10.1. The average Bonchev–Trinajstić information content (AvgIpc) is 3.01. The number of methoxy groups -OCH3 is 1. The molecule has 1 aliphatic heterocycles. The lowest BCUT2D eigenvalue weighted by molar-refractivity contribution is 0.102. The molecule has 0 bridgehead atoms. The fourth-order valence-corrected chi connectivity index (χ4v) is 2.86. The van der Waals surface area contributed by atoms with Crippen molar-refractivity contribution in [1.82, 2.24) is 0 Å². The minimum atomic E-state index is -3.45. The predicted molar refractivity (Wildman–Crippen MR) is 92.0 cm³/mol. The van der Waals surface area contributed by atoms with E-state index >= 15 is 0 Å². The summed E-state index contributed by atoms with van der Waals surface area (Å²) in [5, 5.41) is 2.74. The minimum Gasteiger partial charge on any atom is -0.495 e. The fourth-order valence-electron chi connectivity index (χ4n) is 2.29. The molecule has 0 saturated heterocycles. The summed E-state index contributed by atoms with van der Waals surface area (Å²) < 4.78 is 40.7. The van der Waals surface area contributed by atoms with Crippen LogP contribution < -0.4 is 24.2 Å². The molecule has 0 unspecified atom stereocenters. The first-order valence-electron chi connectivity index (χ1n) is 7.22. The molecular weight excluding hydrogens is 348 g/mol. The molecule has 0 radical (unpaired) electrons. The summed E-state index contributed by atoms with van der Waals surface area (Å²) in [5.41, 5.74) is 1.12. The highest BCUT2D eigenvalue weighted by atomic mass is 32.2. The molecule has 25 heavy (non-hydrogen) atoms. The van der Waals surface area contributed by atoms with Crippen LogP contribution in [0.15, 0.2) is 36.4 Å². The number of rotatable bonds is 5. The molecular formula is C16H16N2O6S. The first kappa shape index (κ1) is 16.9. The van der Waals surface area contributed by atoms with Gasteiger partial charge in [0.2, 0.25) is 16.8 Å². The number of fused-ring (bicyclic) bond motifs is 1. The molecule has 132 valence electrons. The summed E-state index contributed by atoms with van der Waals surface area (Å²) in [7, 11) is -2.06. The molecule has 0 spiro atoms. The van der Waals surface area contributed by atoms with E-state index in [1.165, 1.54) is 25.3 Å². The van der Waals surface area contributed by atoms with Gasteiger partial charge in [-0.05, 0) is 30.3 Å². The zero-order valence-electron chi connectivity index (χ0n) is 13.5. The van der Waals surface area contributed by atoms with Gasteiger partial charge in [0.15, 0.2) is 11.5 Å². The van der Waals surface area contributed by atoms with Crippen LogP contribution in [0.2, 0.25) is 0 Å². The van der Waals surface area contributed by atoms with Crippen LogP contribution in [0.3, 0.4) is 0 Å². The van der Waals surface area contributed by atoms with Crippen molar-refractivity contribution in [3.8, 4) is 17.2 Å². The molecule has 1 aliphatic rings. The summed E-state index contributed by atoms with van der Waals surface area (Å²) in [6, 6.07) is 9.49. The largest absolute Gasteiger partial charge is 0.495 e. The number of nitrogens with one attached hydrogen (secondary N) is 2. The van der Waals surface area contributed by atoms with Gasteiger partial charge >= 0.3 is 0 Å². The highest BCUT2D eigenvalue weighted by Crippen LogP contribution is 2.34. The molecule has 2 aromatic rings. The lowest BCUT2D eigenvalue weighted by Gasteiger charge is -2.12. The molecule has 1 amide bonds. The number of hydrogen-bond acceptors (Lipinski definition) is 6. The van der Waals surface area contributed by atoms with Gasteiger partial charge in [-0.25, -0.2) is 8.42 Å². The Balaban J connectivity index is 1.80. The van der Waals surface area contributed by atoms with Crippen molar-refractivity contribution in [1.29, 1.82) is 0 Å². The zero-order chi connectivity index (χ0) is 18.0. The Hall–Kier alpha value is -2.94. The summed E-state index contributed by atoms with van der Waals surface area (Å²) in [5.74, 6) is 1.05. The van der Waals surface area contributed by atoms with E-state index in [1.54, 1.807) is 18.2 Å². The van der Waals surface area contributed by atoms with Gasteiger partial charge in [0.1, 0.15) is 5.75 Å². The second-order valence-electron chi connectivity index (χ2n) is 5.31. The van der Waals surface area contributed by atoms with E-state index < -0.39 is 10.0 Å². The summed E-state index contributed by atoms with van der Waals surface area (Å²) in [4.78, 5) is 12.4. The van der Waals surface area contributed by atoms with Gasteiger partial charge in [0.25, 0.3) is 5.91 Å². The molecule has 9 heteroatoms. The highest BCUT2D eigenvalue weighted by Gasteiger charge is 2.16. The van der Waals surface area contributed by atoms with Crippen LogP contribution in [-0.2, 0) is 10.0 Å². The second kappa shape index (κ2) is 6.52. The van der Waals surface area contributed by atoms with Crippen LogP contribution in [0.1, 0.15) is 10.4 Å². The molecule has 0 aliphatic carbocycles. The fraction of sp³-hybridized carbons (Fsp3) is 0.188. The predicted octanol–water partition coefficient (Wildman–Crippen LogP) is 2.05. The highest BCUT2D eigenvalue weighted by molar-refractivity contribution is 7.92. The molecule has 0 aromatic heterocycles. The first-order chi connectivity index (χ1) is 11.9. The van der Waals surface area contributed by atoms with Gasteiger partial charge in [-0.15, -0.1) is 0 Å². The Labute approximate surface area is 144 Å².